The van der Waals surface area contributed by atoms with Gasteiger partial charge in [-0.3, -0.25) is 4.79 Å². The van der Waals surface area contributed by atoms with Crippen LogP contribution >= 0.6 is 12.2 Å². The van der Waals surface area contributed by atoms with E-state index in [0.29, 0.717) is 12.8 Å². The van der Waals surface area contributed by atoms with Gasteiger partial charge in [-0.05, 0) is 12.8 Å². The number of aliphatic hydroxyl groups is 2. The fourth-order valence-electron chi connectivity index (χ4n) is 2.40. The molecule has 0 unspecified atom stereocenters. The number of aliphatic hydroxyl groups excluding tert-OH is 2. The fraction of sp³-hybridized carbons (Fsp3) is 0.846. The molecule has 5 nitrogen and oxygen atoms in total. The molecule has 19 heavy (non-hydrogen) atoms. The van der Waals surface area contributed by atoms with Gasteiger partial charge in [-0.25, -0.2) is 0 Å². The molecular formula is C13H26N2O3S. The second-order valence-corrected chi connectivity index (χ2v) is 5.13. The Hall–Kier alpha value is -0.720. The minimum Gasteiger partial charge on any atom is -0.395 e. The number of nitrogens with zero attached hydrogens (tertiary/aromatic N) is 1. The van der Waals surface area contributed by atoms with Crippen LogP contribution < -0.4 is 5.73 Å². The van der Waals surface area contributed by atoms with Crippen molar-refractivity contribution in [1.82, 2.24) is 4.90 Å². The molecule has 0 saturated heterocycles. The lowest BCUT2D eigenvalue weighted by Crippen LogP contribution is -2.52. The van der Waals surface area contributed by atoms with Crippen LogP contribution in [0.15, 0.2) is 0 Å². The molecule has 1 amide bonds. The fourth-order valence-corrected chi connectivity index (χ4v) is 2.69. The van der Waals surface area contributed by atoms with Crippen molar-refractivity contribution < 1.29 is 15.0 Å². The number of hydrogen-bond acceptors (Lipinski definition) is 4. The molecular weight excluding hydrogens is 264 g/mol. The van der Waals surface area contributed by atoms with Crippen molar-refractivity contribution in [3.05, 3.63) is 0 Å². The molecule has 0 aromatic rings. The van der Waals surface area contributed by atoms with E-state index in [-0.39, 0.29) is 37.2 Å². The summed E-state index contributed by atoms with van der Waals surface area (Å²) in [5.74, 6) is -0.174. The molecule has 0 saturated carbocycles. The lowest BCUT2D eigenvalue weighted by molar-refractivity contribution is -0.140. The highest BCUT2D eigenvalue weighted by Crippen LogP contribution is 2.33. The van der Waals surface area contributed by atoms with Crippen molar-refractivity contribution in [2.45, 2.75) is 39.5 Å². The lowest BCUT2D eigenvalue weighted by Gasteiger charge is -2.36. The normalized spacial score (nSPS) is 11.4. The van der Waals surface area contributed by atoms with Gasteiger partial charge in [0.05, 0.1) is 23.6 Å². The topological polar surface area (TPSA) is 86.8 Å². The Morgan fingerprint density at radius 2 is 1.58 bits per heavy atom. The monoisotopic (exact) mass is 290 g/mol. The van der Waals surface area contributed by atoms with Gasteiger partial charge in [-0.15, -0.1) is 0 Å². The van der Waals surface area contributed by atoms with Gasteiger partial charge in [0.2, 0.25) is 5.91 Å². The highest BCUT2D eigenvalue weighted by Gasteiger charge is 2.42. The van der Waals surface area contributed by atoms with Gasteiger partial charge in [0.25, 0.3) is 0 Å². The summed E-state index contributed by atoms with van der Waals surface area (Å²) in [6.07, 6.45) is 2.80. The van der Waals surface area contributed by atoms with Crippen molar-refractivity contribution in [2.24, 2.45) is 11.1 Å². The lowest BCUT2D eigenvalue weighted by atomic mass is 9.77. The number of rotatable bonds is 10. The first-order valence-corrected chi connectivity index (χ1v) is 7.22. The van der Waals surface area contributed by atoms with Gasteiger partial charge >= 0.3 is 0 Å². The smallest absolute Gasteiger partial charge is 0.235 e. The van der Waals surface area contributed by atoms with Gasteiger partial charge in [0.1, 0.15) is 0 Å². The quantitative estimate of drug-likeness (QED) is 0.515. The van der Waals surface area contributed by atoms with E-state index in [2.05, 4.69) is 0 Å². The number of nitrogens with two attached hydrogens (primary N) is 1. The molecule has 6 heteroatoms. The van der Waals surface area contributed by atoms with Crippen LogP contribution in [0.25, 0.3) is 0 Å². The molecule has 112 valence electrons. The zero-order chi connectivity index (χ0) is 14.9. The first-order valence-electron chi connectivity index (χ1n) is 6.81. The highest BCUT2D eigenvalue weighted by atomic mass is 32.1. The summed E-state index contributed by atoms with van der Waals surface area (Å²) in [7, 11) is 0. The Kier molecular flexibility index (Phi) is 8.88. The molecule has 0 heterocycles. The second-order valence-electron chi connectivity index (χ2n) is 4.69. The molecule has 0 aromatic carbocycles. The molecule has 0 radical (unpaired) electrons. The molecule has 4 N–H and O–H groups in total. The van der Waals surface area contributed by atoms with Crippen molar-refractivity contribution >= 4 is 23.1 Å². The maximum atomic E-state index is 12.7. The predicted molar refractivity (Wildman–Crippen MR) is 79.8 cm³/mol. The molecule has 0 rings (SSSR count). The molecule has 0 aromatic heterocycles. The third-order valence-electron chi connectivity index (χ3n) is 3.26. The number of thiocarbonyl (C=S) groups is 1. The van der Waals surface area contributed by atoms with Gasteiger partial charge in [0, 0.05) is 13.1 Å². The summed E-state index contributed by atoms with van der Waals surface area (Å²) in [6, 6.07) is 0. The molecule has 0 spiro atoms. The van der Waals surface area contributed by atoms with E-state index in [1.807, 2.05) is 13.8 Å². The number of carbonyl (C=O) groups excluding carboxylic acids is 1. The van der Waals surface area contributed by atoms with Crippen molar-refractivity contribution in [3.8, 4) is 0 Å². The Morgan fingerprint density at radius 1 is 1.16 bits per heavy atom. The van der Waals surface area contributed by atoms with Gasteiger partial charge in [-0.2, -0.15) is 0 Å². The number of hydrogen-bond donors (Lipinski definition) is 3. The molecule has 0 atom stereocenters. The standard InChI is InChI=1S/C13H26N2O3S/c1-3-5-13(6-4-2,11(14)19)12(18)15(7-9-16)8-10-17/h16-17H,3-10H2,1-2H3,(H2,14,19). The summed E-state index contributed by atoms with van der Waals surface area (Å²) in [4.78, 5) is 14.4. The van der Waals surface area contributed by atoms with Crippen LogP contribution in [-0.4, -0.2) is 52.3 Å². The predicted octanol–water partition coefficient (Wildman–Crippen LogP) is 0.672. The average molecular weight is 290 g/mol. The molecule has 0 bridgehead atoms. The van der Waals surface area contributed by atoms with E-state index < -0.39 is 5.41 Å². The Morgan fingerprint density at radius 3 is 1.84 bits per heavy atom. The molecule has 0 aliphatic heterocycles. The van der Waals surface area contributed by atoms with E-state index in [9.17, 15) is 4.79 Å². The van der Waals surface area contributed by atoms with Crippen LogP contribution in [0.5, 0.6) is 0 Å². The zero-order valence-corrected chi connectivity index (χ0v) is 12.7. The Bertz CT molecular complexity index is 286. The van der Waals surface area contributed by atoms with Crippen LogP contribution in [0.4, 0.5) is 0 Å². The molecule has 0 aliphatic carbocycles. The SMILES string of the molecule is CCCC(CCC)(C(=O)N(CCO)CCO)C(N)=S. The Balaban J connectivity index is 5.29. The first-order chi connectivity index (χ1) is 8.99. The van der Waals surface area contributed by atoms with Crippen molar-refractivity contribution in [3.63, 3.8) is 0 Å². The maximum Gasteiger partial charge on any atom is 0.235 e. The molecule has 0 fully saturated rings. The van der Waals surface area contributed by atoms with Crippen LogP contribution in [-0.2, 0) is 4.79 Å². The summed E-state index contributed by atoms with van der Waals surface area (Å²) in [5.41, 5.74) is 4.99. The summed E-state index contributed by atoms with van der Waals surface area (Å²) in [5, 5.41) is 18.1. The van der Waals surface area contributed by atoms with Crippen molar-refractivity contribution in [2.75, 3.05) is 26.3 Å². The minimum absolute atomic E-state index is 0.141. The van der Waals surface area contributed by atoms with E-state index in [4.69, 9.17) is 28.2 Å². The van der Waals surface area contributed by atoms with Crippen LogP contribution in [0.3, 0.4) is 0 Å². The third-order valence-corrected chi connectivity index (χ3v) is 3.65. The van der Waals surface area contributed by atoms with E-state index in [0.717, 1.165) is 12.8 Å². The number of amides is 1. The maximum absolute atomic E-state index is 12.7. The Labute approximate surface area is 120 Å². The van der Waals surface area contributed by atoms with Crippen LogP contribution in [0.1, 0.15) is 39.5 Å². The zero-order valence-electron chi connectivity index (χ0n) is 11.9. The van der Waals surface area contributed by atoms with Gasteiger partial charge in [0.15, 0.2) is 0 Å². The second kappa shape index (κ2) is 9.23. The third kappa shape index (κ3) is 4.71. The van der Waals surface area contributed by atoms with Crippen molar-refractivity contribution in [1.29, 1.82) is 0 Å². The van der Waals surface area contributed by atoms with Crippen LogP contribution in [0, 0.1) is 5.41 Å². The van der Waals surface area contributed by atoms with E-state index in [1.165, 1.54) is 4.90 Å². The first kappa shape index (κ1) is 18.3. The summed E-state index contributed by atoms with van der Waals surface area (Å²) < 4.78 is 0. The van der Waals surface area contributed by atoms with Crippen LogP contribution in [0.2, 0.25) is 0 Å². The van der Waals surface area contributed by atoms with E-state index >= 15 is 0 Å². The summed E-state index contributed by atoms with van der Waals surface area (Å²) >= 11 is 5.13. The number of carbonyl (C=O) groups is 1. The average Bonchev–Trinajstić information content (AvgIpc) is 2.37. The summed E-state index contributed by atoms with van der Waals surface area (Å²) in [6.45, 7) is 4.07. The van der Waals surface area contributed by atoms with Gasteiger partial charge in [-0.1, -0.05) is 38.9 Å². The minimum atomic E-state index is -0.844. The van der Waals surface area contributed by atoms with Gasteiger partial charge < -0.3 is 20.8 Å². The van der Waals surface area contributed by atoms with E-state index in [1.54, 1.807) is 0 Å². The largest absolute Gasteiger partial charge is 0.395 e. The molecule has 0 aliphatic rings. The highest BCUT2D eigenvalue weighted by molar-refractivity contribution is 7.80.